The van der Waals surface area contributed by atoms with Crippen LogP contribution in [-0.2, 0) is 43.7 Å². The van der Waals surface area contributed by atoms with Crippen LogP contribution in [0.15, 0.2) is 97.1 Å². The summed E-state index contributed by atoms with van der Waals surface area (Å²) in [6.45, 7) is 3.56. The van der Waals surface area contributed by atoms with Crippen LogP contribution in [0.1, 0.15) is 133 Å². The summed E-state index contributed by atoms with van der Waals surface area (Å²) in [5.74, 6) is -0.855. The largest absolute Gasteiger partial charge is 0.490 e. The molecular formula is C66H82Cl2N4O14S2. The van der Waals surface area contributed by atoms with E-state index in [4.69, 9.17) is 43.0 Å². The fourth-order valence-corrected chi connectivity index (χ4v) is 19.0. The molecule has 8 aliphatic rings. The molecule has 2 spiro atoms. The van der Waals surface area contributed by atoms with Crippen molar-refractivity contribution < 1.29 is 66.5 Å². The zero-order valence-electron chi connectivity index (χ0n) is 49.3. The van der Waals surface area contributed by atoms with Crippen molar-refractivity contribution >= 4 is 66.6 Å². The maximum Gasteiger partial charge on any atom is 0.335 e. The topological polar surface area (TPSA) is 301 Å². The third-order valence-electron chi connectivity index (χ3n) is 20.9. The maximum atomic E-state index is 12.0. The normalized spacial score (nSPS) is 30.7. The molecule has 0 unspecified atom stereocenters. The number of allylic oxidation sites excluding steroid dienone is 2. The number of ether oxygens (including phenoxy) is 2. The van der Waals surface area contributed by atoms with Crippen molar-refractivity contribution in [3.8, 4) is 11.5 Å². The molecule has 22 heteroatoms. The Morgan fingerprint density at radius 2 is 1.00 bits per heavy atom. The fourth-order valence-electron chi connectivity index (χ4n) is 16.1. The van der Waals surface area contributed by atoms with E-state index in [1.54, 1.807) is 48.6 Å². The van der Waals surface area contributed by atoms with Crippen LogP contribution in [0, 0.1) is 35.5 Å². The molecule has 0 aromatic heterocycles. The highest BCUT2D eigenvalue weighted by Crippen LogP contribution is 2.50. The Balaban J connectivity index is 0.000000182. The standard InChI is InChI=1S/2C33H41ClN2O7S/c2*34-24-8-10-27-20(13-24)4-2-12-33(27)18-36(28-15-22(32(39)40)7-11-30(28)43-19-33)17-23-6-9-26(23)29(38)5-1-3-21-14-25(37)16-31(21)44(35,41)42/h2*1,5,7-8,10-11,13,15,21,23,25-26,29,31,37-38H,2-4,6,9,12,14,16-19H2,(H,39,40)(H2,35,41,42)/b2*5-1+/t21-,23+,25-,26-,29+,31-,33+;21-,23-,25-,26+,29-,31-,33-/m10/s1. The molecule has 2 heterocycles. The van der Waals surface area contributed by atoms with E-state index < -0.39 is 66.9 Å². The number of rotatable bonds is 16. The summed E-state index contributed by atoms with van der Waals surface area (Å²) < 4.78 is 60.8. The molecule has 4 saturated carbocycles. The summed E-state index contributed by atoms with van der Waals surface area (Å²) >= 11 is 12.7. The van der Waals surface area contributed by atoms with Crippen molar-refractivity contribution in [2.75, 3.05) is 49.2 Å². The van der Waals surface area contributed by atoms with Gasteiger partial charge in [0.05, 0.1) is 70.6 Å². The lowest BCUT2D eigenvalue weighted by molar-refractivity contribution is 0.0454. The number of benzene rings is 4. The van der Waals surface area contributed by atoms with Crippen molar-refractivity contribution in [1.29, 1.82) is 0 Å². The number of carboxylic acid groups (broad SMARTS) is 2. The minimum absolute atomic E-state index is 0.0122. The Hall–Kier alpha value is -5.26. The van der Waals surface area contributed by atoms with Gasteiger partial charge in [0.15, 0.2) is 0 Å². The lowest BCUT2D eigenvalue weighted by Gasteiger charge is -2.45. The number of nitrogens with two attached hydrogens (primary N) is 2. The average molecular weight is 1290 g/mol. The summed E-state index contributed by atoms with van der Waals surface area (Å²) in [7, 11) is -7.51. The number of hydrogen-bond donors (Lipinski definition) is 8. The Labute approximate surface area is 525 Å². The number of aryl methyl sites for hydroxylation is 2. The van der Waals surface area contributed by atoms with Gasteiger partial charge in [-0.1, -0.05) is 59.6 Å². The highest BCUT2D eigenvalue weighted by atomic mass is 35.5. The maximum absolute atomic E-state index is 12.0. The Morgan fingerprint density at radius 1 is 0.591 bits per heavy atom. The van der Waals surface area contributed by atoms with Crippen molar-refractivity contribution in [1.82, 2.24) is 0 Å². The molecule has 476 valence electrons. The minimum atomic E-state index is -3.75. The molecule has 6 aliphatic carbocycles. The number of halogens is 2. The molecule has 4 fully saturated rings. The van der Waals surface area contributed by atoms with Gasteiger partial charge in [-0.2, -0.15) is 0 Å². The first-order chi connectivity index (χ1) is 41.9. The second-order valence-electron chi connectivity index (χ2n) is 26.5. The fraction of sp³-hybridized carbons (Fsp3) is 0.545. The number of aromatic carboxylic acids is 2. The summed E-state index contributed by atoms with van der Waals surface area (Å²) in [6, 6.07) is 22.2. The van der Waals surface area contributed by atoms with E-state index in [0.717, 1.165) is 75.6 Å². The van der Waals surface area contributed by atoms with E-state index in [1.165, 1.54) is 22.3 Å². The van der Waals surface area contributed by atoms with Crippen LogP contribution < -0.4 is 29.6 Å². The van der Waals surface area contributed by atoms with Crippen molar-refractivity contribution in [3.63, 3.8) is 0 Å². The summed E-state index contributed by atoms with van der Waals surface area (Å²) in [4.78, 5) is 28.4. The first kappa shape index (κ1) is 64.3. The molecular weight excluding hydrogens is 1210 g/mol. The van der Waals surface area contributed by atoms with Gasteiger partial charge in [-0.25, -0.2) is 36.7 Å². The van der Waals surface area contributed by atoms with E-state index in [9.17, 15) is 57.1 Å². The molecule has 0 radical (unpaired) electrons. The number of aliphatic hydroxyl groups is 4. The van der Waals surface area contributed by atoms with Crippen LogP contribution in [0.25, 0.3) is 0 Å². The number of carbonyl (C=O) groups is 2. The number of carboxylic acids is 2. The Morgan fingerprint density at radius 3 is 1.36 bits per heavy atom. The molecule has 0 amide bonds. The molecule has 12 rings (SSSR count). The highest BCUT2D eigenvalue weighted by Gasteiger charge is 2.47. The predicted molar refractivity (Wildman–Crippen MR) is 338 cm³/mol. The van der Waals surface area contributed by atoms with Gasteiger partial charge in [0.25, 0.3) is 0 Å². The molecule has 10 N–H and O–H groups in total. The van der Waals surface area contributed by atoms with Crippen LogP contribution in [0.5, 0.6) is 11.5 Å². The molecule has 4 aromatic carbocycles. The highest BCUT2D eigenvalue weighted by molar-refractivity contribution is 7.90. The van der Waals surface area contributed by atoms with Gasteiger partial charge >= 0.3 is 11.9 Å². The number of anilines is 2. The number of nitrogens with zero attached hydrogens (tertiary/aromatic N) is 2. The number of hydrogen-bond acceptors (Lipinski definition) is 14. The molecule has 0 bridgehead atoms. The zero-order valence-corrected chi connectivity index (χ0v) is 52.4. The van der Waals surface area contributed by atoms with Gasteiger partial charge in [0.2, 0.25) is 20.0 Å². The van der Waals surface area contributed by atoms with Gasteiger partial charge in [0, 0.05) is 47.1 Å². The molecule has 4 aromatic rings. The van der Waals surface area contributed by atoms with E-state index >= 15 is 0 Å². The van der Waals surface area contributed by atoms with Crippen LogP contribution >= 0.6 is 23.2 Å². The van der Waals surface area contributed by atoms with Crippen LogP contribution in [0.2, 0.25) is 10.0 Å². The molecule has 0 saturated heterocycles. The van der Waals surface area contributed by atoms with Gasteiger partial charge in [-0.15, -0.1) is 0 Å². The first-order valence-electron chi connectivity index (χ1n) is 31.0. The monoisotopic (exact) mass is 1290 g/mol. The number of primary sulfonamides is 2. The second kappa shape index (κ2) is 26.2. The van der Waals surface area contributed by atoms with Crippen LogP contribution in [0.3, 0.4) is 0 Å². The third-order valence-corrected chi connectivity index (χ3v) is 24.2. The van der Waals surface area contributed by atoms with Crippen molar-refractivity contribution in [3.05, 3.63) is 141 Å². The molecule has 2 aliphatic heterocycles. The Bertz CT molecular complexity index is 3330. The van der Waals surface area contributed by atoms with E-state index in [2.05, 4.69) is 21.9 Å². The van der Waals surface area contributed by atoms with Gasteiger partial charge in [-0.3, -0.25) is 0 Å². The SMILES string of the molecule is NS(=O)(=O)[C@@H]1C[C@H](O)C[C@H]1C/C=C/[C@H](O)[C@@H]1CC[C@H]1CN1C[C@@]2(CCCc3cc(Cl)ccc32)COc2ccc(C(=O)O)cc21.NS(=O)(=O)[C@H]1C[C@@H](O)C[C@@H]1C/C=C/[C@H](O)[C@@H]1CC[C@H]1CN1C[C@@]2(CCCc3cc(Cl)ccc32)COc2ccc(C(=O)O)cc21. The van der Waals surface area contributed by atoms with Gasteiger partial charge in [-0.05, 0) is 221 Å². The van der Waals surface area contributed by atoms with E-state index in [-0.39, 0.29) is 70.3 Å². The van der Waals surface area contributed by atoms with Gasteiger partial charge < -0.3 is 49.9 Å². The van der Waals surface area contributed by atoms with E-state index in [1.807, 2.05) is 36.4 Å². The summed E-state index contributed by atoms with van der Waals surface area (Å²) in [5, 5.41) is 72.6. The number of aliphatic hydroxyl groups excluding tert-OH is 4. The van der Waals surface area contributed by atoms with Gasteiger partial charge in [0.1, 0.15) is 11.5 Å². The zero-order chi connectivity index (χ0) is 62.5. The minimum Gasteiger partial charge on any atom is -0.490 e. The lowest BCUT2D eigenvalue weighted by Crippen LogP contribution is -2.49. The summed E-state index contributed by atoms with van der Waals surface area (Å²) in [6.07, 6.45) is 15.7. The smallest absolute Gasteiger partial charge is 0.335 e. The van der Waals surface area contributed by atoms with Crippen LogP contribution in [0.4, 0.5) is 11.4 Å². The summed E-state index contributed by atoms with van der Waals surface area (Å²) in [5.41, 5.74) is 6.25. The van der Waals surface area contributed by atoms with E-state index in [0.29, 0.717) is 86.6 Å². The third kappa shape index (κ3) is 13.8. The van der Waals surface area contributed by atoms with Crippen molar-refractivity contribution in [2.45, 2.75) is 148 Å². The molecule has 14 atom stereocenters. The molecule has 88 heavy (non-hydrogen) atoms. The first-order valence-corrected chi connectivity index (χ1v) is 35.0. The number of fused-ring (bicyclic) bond motifs is 6. The number of sulfonamides is 2. The predicted octanol–water partition coefficient (Wildman–Crippen LogP) is 8.55. The quantitative estimate of drug-likeness (QED) is 0.0487. The van der Waals surface area contributed by atoms with Crippen LogP contribution in [-0.4, -0.2) is 134 Å². The molecule has 18 nitrogen and oxygen atoms in total. The second-order valence-corrected chi connectivity index (χ2v) is 31.0. The van der Waals surface area contributed by atoms with Crippen molar-refractivity contribution in [2.24, 2.45) is 45.8 Å². The Kier molecular flexibility index (Phi) is 19.1. The lowest BCUT2D eigenvalue weighted by atomic mass is 9.68. The average Bonchev–Trinajstić information content (AvgIpc) is 1.74.